The molecule has 0 saturated carbocycles. The number of hydrogen-bond donors (Lipinski definition) is 1. The first-order valence-electron chi connectivity index (χ1n) is 10.1. The molecule has 0 unspecified atom stereocenters. The summed E-state index contributed by atoms with van der Waals surface area (Å²) in [7, 11) is 0. The van der Waals surface area contributed by atoms with E-state index in [1.165, 1.54) is 0 Å². The molecular weight excluding hydrogens is 521 g/mol. The number of amides is 1. The molecule has 1 aromatic heterocycles. The van der Waals surface area contributed by atoms with Gasteiger partial charge >= 0.3 is 0 Å². The summed E-state index contributed by atoms with van der Waals surface area (Å²) in [6.07, 6.45) is 1.64. The third-order valence-corrected chi connectivity index (χ3v) is 6.44. The third kappa shape index (κ3) is 4.99. The Morgan fingerprint density at radius 2 is 1.91 bits per heavy atom. The smallest absolute Gasteiger partial charge is 0.266 e. The second-order valence-corrected chi connectivity index (χ2v) is 9.23. The summed E-state index contributed by atoms with van der Waals surface area (Å²) in [5.41, 5.74) is 4.27. The number of carbonyl (C=O) groups is 1. The maximum Gasteiger partial charge on any atom is 0.266 e. The Kier molecular flexibility index (Phi) is 6.90. The van der Waals surface area contributed by atoms with Crippen molar-refractivity contribution in [3.63, 3.8) is 0 Å². The van der Waals surface area contributed by atoms with Crippen LogP contribution in [0.2, 0.25) is 10.0 Å². The number of para-hydroxylation sites is 1. The maximum absolute atomic E-state index is 12.8. The molecule has 0 radical (unpaired) electrons. The van der Waals surface area contributed by atoms with Crippen LogP contribution in [-0.2, 0) is 11.3 Å². The summed E-state index contributed by atoms with van der Waals surface area (Å²) in [6.45, 7) is 2.50. The maximum atomic E-state index is 12.8. The van der Waals surface area contributed by atoms with Crippen molar-refractivity contribution < 1.29 is 4.79 Å². The molecule has 4 nitrogen and oxygen atoms in total. The molecule has 1 N–H and O–H groups in total. The van der Waals surface area contributed by atoms with Gasteiger partial charge in [0.25, 0.3) is 5.91 Å². The molecule has 7 heteroatoms. The van der Waals surface area contributed by atoms with Gasteiger partial charge < -0.3 is 9.88 Å². The summed E-state index contributed by atoms with van der Waals surface area (Å²) in [5, 5.41) is 14.6. The number of halogens is 3. The van der Waals surface area contributed by atoms with Gasteiger partial charge in [0.15, 0.2) is 0 Å². The molecule has 4 rings (SSSR count). The summed E-state index contributed by atoms with van der Waals surface area (Å²) >= 11 is 15.9. The molecule has 0 bridgehead atoms. The number of nitrogens with zero attached hydrogens (tertiary/aromatic N) is 2. The SMILES string of the molecule is Cc1c(/C=C(/C#N)C(=O)Nc2cccc(Br)c2)c2ccccc2n1Cc1ccc(Cl)cc1Cl. The predicted molar refractivity (Wildman–Crippen MR) is 139 cm³/mol. The zero-order valence-corrected chi connectivity index (χ0v) is 20.7. The number of fused-ring (bicyclic) bond motifs is 1. The van der Waals surface area contributed by atoms with E-state index in [1.54, 1.807) is 24.3 Å². The van der Waals surface area contributed by atoms with Crippen molar-refractivity contribution in [2.75, 3.05) is 5.32 Å². The monoisotopic (exact) mass is 537 g/mol. The van der Waals surface area contributed by atoms with Crippen LogP contribution in [-0.4, -0.2) is 10.5 Å². The Morgan fingerprint density at radius 3 is 2.64 bits per heavy atom. The Bertz CT molecular complexity index is 1450. The molecular formula is C26H18BrCl2N3O. The van der Waals surface area contributed by atoms with E-state index in [1.807, 2.05) is 61.5 Å². The molecule has 0 fully saturated rings. The van der Waals surface area contributed by atoms with Gasteiger partial charge in [-0.2, -0.15) is 5.26 Å². The quantitative estimate of drug-likeness (QED) is 0.210. The molecule has 0 aliphatic heterocycles. The first kappa shape index (κ1) is 23.1. The lowest BCUT2D eigenvalue weighted by Gasteiger charge is -2.11. The number of rotatable bonds is 5. The normalized spacial score (nSPS) is 11.4. The molecule has 0 spiro atoms. The standard InChI is InChI=1S/C26H18BrCl2N3O/c1-16-23(11-18(14-30)26(33)31-21-6-4-5-19(27)12-21)22-7-2-3-8-25(22)32(16)15-17-9-10-20(28)13-24(17)29/h2-13H,15H2,1H3,(H,31,33)/b18-11-. The van der Waals surface area contributed by atoms with Crippen LogP contribution in [0.3, 0.4) is 0 Å². The van der Waals surface area contributed by atoms with Crippen molar-refractivity contribution in [2.45, 2.75) is 13.5 Å². The Balaban J connectivity index is 1.75. The van der Waals surface area contributed by atoms with Gasteiger partial charge in [0.1, 0.15) is 11.6 Å². The lowest BCUT2D eigenvalue weighted by Crippen LogP contribution is -2.13. The highest BCUT2D eigenvalue weighted by atomic mass is 79.9. The van der Waals surface area contributed by atoms with Crippen LogP contribution in [0.25, 0.3) is 17.0 Å². The summed E-state index contributed by atoms with van der Waals surface area (Å²) in [5.74, 6) is -0.465. The number of hydrogen-bond acceptors (Lipinski definition) is 2. The van der Waals surface area contributed by atoms with Crippen molar-refractivity contribution >= 4 is 67.7 Å². The fourth-order valence-corrected chi connectivity index (χ4v) is 4.59. The fraction of sp³-hybridized carbons (Fsp3) is 0.0769. The largest absolute Gasteiger partial charge is 0.340 e. The minimum absolute atomic E-state index is 0.0190. The van der Waals surface area contributed by atoms with Crippen molar-refractivity contribution in [1.29, 1.82) is 5.26 Å². The minimum Gasteiger partial charge on any atom is -0.340 e. The van der Waals surface area contributed by atoms with E-state index in [9.17, 15) is 10.1 Å². The average Bonchev–Trinajstić information content (AvgIpc) is 3.04. The van der Waals surface area contributed by atoms with Crippen molar-refractivity contribution in [1.82, 2.24) is 4.57 Å². The topological polar surface area (TPSA) is 57.8 Å². The number of anilines is 1. The van der Waals surface area contributed by atoms with Crippen LogP contribution in [0.4, 0.5) is 5.69 Å². The van der Waals surface area contributed by atoms with Gasteiger partial charge in [-0.05, 0) is 55.0 Å². The lowest BCUT2D eigenvalue weighted by molar-refractivity contribution is -0.112. The zero-order valence-electron chi connectivity index (χ0n) is 17.6. The molecule has 33 heavy (non-hydrogen) atoms. The molecule has 164 valence electrons. The van der Waals surface area contributed by atoms with Crippen LogP contribution < -0.4 is 5.32 Å². The third-order valence-electron chi connectivity index (χ3n) is 5.36. The first-order valence-corrected chi connectivity index (χ1v) is 11.6. The average molecular weight is 539 g/mol. The first-order chi connectivity index (χ1) is 15.9. The highest BCUT2D eigenvalue weighted by molar-refractivity contribution is 9.10. The molecule has 3 aromatic carbocycles. The minimum atomic E-state index is -0.465. The van der Waals surface area contributed by atoms with Crippen LogP contribution >= 0.6 is 39.1 Å². The molecule has 1 amide bonds. The molecule has 0 atom stereocenters. The van der Waals surface area contributed by atoms with Crippen LogP contribution in [0.15, 0.2) is 76.8 Å². The number of nitrogens with one attached hydrogen (secondary N) is 1. The van der Waals surface area contributed by atoms with E-state index >= 15 is 0 Å². The van der Waals surface area contributed by atoms with Gasteiger partial charge in [-0.1, -0.05) is 69.5 Å². The van der Waals surface area contributed by atoms with E-state index in [4.69, 9.17) is 23.2 Å². The number of carbonyl (C=O) groups excluding carboxylic acids is 1. The fourth-order valence-electron chi connectivity index (χ4n) is 3.72. The second-order valence-electron chi connectivity index (χ2n) is 7.47. The Morgan fingerprint density at radius 1 is 1.12 bits per heavy atom. The number of nitriles is 1. The van der Waals surface area contributed by atoms with Crippen LogP contribution in [0, 0.1) is 18.3 Å². The van der Waals surface area contributed by atoms with E-state index in [0.29, 0.717) is 22.3 Å². The van der Waals surface area contributed by atoms with Gasteiger partial charge in [0.05, 0.1) is 0 Å². The molecule has 0 aliphatic carbocycles. The lowest BCUT2D eigenvalue weighted by atomic mass is 10.1. The van der Waals surface area contributed by atoms with Crippen molar-refractivity contribution in [3.05, 3.63) is 104 Å². The molecule has 4 aromatic rings. The second kappa shape index (κ2) is 9.84. The van der Waals surface area contributed by atoms with Crippen molar-refractivity contribution in [3.8, 4) is 6.07 Å². The highest BCUT2D eigenvalue weighted by Crippen LogP contribution is 2.31. The van der Waals surface area contributed by atoms with Crippen molar-refractivity contribution in [2.24, 2.45) is 0 Å². The van der Waals surface area contributed by atoms with Gasteiger partial charge in [-0.3, -0.25) is 4.79 Å². The Hall–Kier alpha value is -3.04. The summed E-state index contributed by atoms with van der Waals surface area (Å²) < 4.78 is 2.96. The van der Waals surface area contributed by atoms with Gasteiger partial charge in [0.2, 0.25) is 0 Å². The van der Waals surface area contributed by atoms with Crippen LogP contribution in [0.5, 0.6) is 0 Å². The summed E-state index contributed by atoms with van der Waals surface area (Å²) in [6, 6.07) is 22.6. The van der Waals surface area contributed by atoms with E-state index in [-0.39, 0.29) is 5.57 Å². The number of aromatic nitrogens is 1. The highest BCUT2D eigenvalue weighted by Gasteiger charge is 2.17. The van der Waals surface area contributed by atoms with Gasteiger partial charge in [0, 0.05) is 48.9 Å². The van der Waals surface area contributed by atoms with E-state index in [0.717, 1.165) is 32.2 Å². The summed E-state index contributed by atoms with van der Waals surface area (Å²) in [4.78, 5) is 12.8. The zero-order chi connectivity index (χ0) is 23.5. The molecule has 1 heterocycles. The Labute approximate surface area is 210 Å². The molecule has 0 saturated heterocycles. The molecule has 0 aliphatic rings. The van der Waals surface area contributed by atoms with E-state index < -0.39 is 5.91 Å². The van der Waals surface area contributed by atoms with Crippen LogP contribution in [0.1, 0.15) is 16.8 Å². The van der Waals surface area contributed by atoms with Gasteiger partial charge in [-0.15, -0.1) is 0 Å². The predicted octanol–water partition coefficient (Wildman–Crippen LogP) is 7.61. The number of benzene rings is 3. The van der Waals surface area contributed by atoms with E-state index in [2.05, 4.69) is 25.8 Å². The van der Waals surface area contributed by atoms with Gasteiger partial charge in [-0.25, -0.2) is 0 Å².